The zero-order chi connectivity index (χ0) is 20.6. The molecule has 1 rings (SSSR count). The summed E-state index contributed by atoms with van der Waals surface area (Å²) in [6.45, 7) is 8.28. The molecule has 0 saturated heterocycles. The lowest BCUT2D eigenvalue weighted by molar-refractivity contribution is -0.144. The van der Waals surface area contributed by atoms with Gasteiger partial charge in [-0.15, -0.1) is 0 Å². The summed E-state index contributed by atoms with van der Waals surface area (Å²) < 4.78 is 6.10. The number of rotatable bonds is 10. The smallest absolute Gasteiger partial charge is 0.330 e. The molecule has 0 aromatic carbocycles. The second kappa shape index (κ2) is 10.5. The number of aromatic nitrogens is 2. The molecule has 1 amide bonds. The third-order valence-electron chi connectivity index (χ3n) is 3.92. The van der Waals surface area contributed by atoms with Crippen molar-refractivity contribution in [3.8, 4) is 0 Å². The molecule has 0 aliphatic carbocycles. The summed E-state index contributed by atoms with van der Waals surface area (Å²) in [5.41, 5.74) is 4.74. The Morgan fingerprint density at radius 3 is 2.44 bits per heavy atom. The second-order valence-electron chi connectivity index (χ2n) is 6.70. The van der Waals surface area contributed by atoms with Crippen LogP contribution < -0.4 is 21.9 Å². The van der Waals surface area contributed by atoms with E-state index in [1.54, 1.807) is 6.92 Å². The zero-order valence-corrected chi connectivity index (χ0v) is 16.5. The maximum absolute atomic E-state index is 12.7. The highest BCUT2D eigenvalue weighted by molar-refractivity contribution is 5.96. The molecule has 3 N–H and O–H groups in total. The average molecular weight is 382 g/mol. The van der Waals surface area contributed by atoms with E-state index in [1.165, 1.54) is 9.47 Å². The number of anilines is 2. The molecule has 0 radical (unpaired) electrons. The third kappa shape index (κ3) is 6.26. The Balaban J connectivity index is 3.26. The molecule has 0 unspecified atom stereocenters. The molecule has 152 valence electrons. The van der Waals surface area contributed by atoms with Gasteiger partial charge in [-0.3, -0.25) is 23.9 Å². The van der Waals surface area contributed by atoms with Crippen molar-refractivity contribution in [1.82, 2.24) is 9.55 Å². The van der Waals surface area contributed by atoms with Crippen molar-refractivity contribution in [2.45, 2.75) is 59.9 Å². The van der Waals surface area contributed by atoms with E-state index in [0.717, 1.165) is 6.42 Å². The predicted molar refractivity (Wildman–Crippen MR) is 104 cm³/mol. The first-order chi connectivity index (χ1) is 12.7. The molecule has 1 aromatic heterocycles. The van der Waals surface area contributed by atoms with Gasteiger partial charge in [0.25, 0.3) is 5.56 Å². The summed E-state index contributed by atoms with van der Waals surface area (Å²) in [6, 6.07) is 0. The van der Waals surface area contributed by atoms with Gasteiger partial charge in [-0.05, 0) is 19.3 Å². The second-order valence-corrected chi connectivity index (χ2v) is 6.70. The Kier molecular flexibility index (Phi) is 8.77. The fraction of sp³-hybridized carbons (Fsp3) is 0.667. The molecular formula is C18H30N4O5. The summed E-state index contributed by atoms with van der Waals surface area (Å²) in [6.07, 6.45) is 1.25. The Labute approximate surface area is 158 Å². The fourth-order valence-corrected chi connectivity index (χ4v) is 2.64. The average Bonchev–Trinajstić information content (AvgIpc) is 2.59. The number of H-pyrrole nitrogens is 1. The van der Waals surface area contributed by atoms with Crippen molar-refractivity contribution in [2.24, 2.45) is 5.92 Å². The van der Waals surface area contributed by atoms with E-state index in [2.05, 4.69) is 4.98 Å². The number of amides is 1. The highest BCUT2D eigenvalue weighted by Gasteiger charge is 2.24. The Bertz CT molecular complexity index is 766. The third-order valence-corrected chi connectivity index (χ3v) is 3.92. The number of hydrogen-bond acceptors (Lipinski definition) is 6. The molecule has 0 bridgehead atoms. The number of hydrogen-bond donors (Lipinski definition) is 2. The first-order valence-corrected chi connectivity index (χ1v) is 9.31. The maximum Gasteiger partial charge on any atom is 0.330 e. The number of esters is 1. The minimum absolute atomic E-state index is 0.0435. The lowest BCUT2D eigenvalue weighted by Gasteiger charge is -2.24. The van der Waals surface area contributed by atoms with Crippen LogP contribution >= 0.6 is 0 Å². The number of nitrogens with zero attached hydrogens (tertiary/aromatic N) is 2. The van der Waals surface area contributed by atoms with Gasteiger partial charge in [-0.25, -0.2) is 4.79 Å². The van der Waals surface area contributed by atoms with Gasteiger partial charge in [-0.1, -0.05) is 27.2 Å². The zero-order valence-electron chi connectivity index (χ0n) is 16.5. The molecule has 1 aromatic rings. The van der Waals surface area contributed by atoms with E-state index in [-0.39, 0.29) is 43.4 Å². The molecule has 0 fully saturated rings. The molecule has 0 aliphatic rings. The quantitative estimate of drug-likeness (QED) is 0.586. The highest BCUT2D eigenvalue weighted by Crippen LogP contribution is 2.19. The topological polar surface area (TPSA) is 127 Å². The summed E-state index contributed by atoms with van der Waals surface area (Å²) in [7, 11) is 0. The number of nitrogens with one attached hydrogen (secondary N) is 1. The van der Waals surface area contributed by atoms with E-state index in [4.69, 9.17) is 10.5 Å². The van der Waals surface area contributed by atoms with Gasteiger partial charge in [0.05, 0.1) is 13.0 Å². The first-order valence-electron chi connectivity index (χ1n) is 9.31. The van der Waals surface area contributed by atoms with E-state index < -0.39 is 23.1 Å². The van der Waals surface area contributed by atoms with Crippen LogP contribution in [-0.4, -0.2) is 34.6 Å². The van der Waals surface area contributed by atoms with Crippen molar-refractivity contribution in [2.75, 3.05) is 23.8 Å². The number of nitrogens with two attached hydrogens (primary N) is 1. The van der Waals surface area contributed by atoms with E-state index in [9.17, 15) is 19.2 Å². The summed E-state index contributed by atoms with van der Waals surface area (Å²) in [4.78, 5) is 52.3. The Morgan fingerprint density at radius 1 is 1.22 bits per heavy atom. The SMILES string of the molecule is CCCCN(C(=O)CCC(=O)OCC)c1c(N)n(CC(C)C)c(=O)[nH]c1=O. The van der Waals surface area contributed by atoms with Crippen LogP contribution in [-0.2, 0) is 20.9 Å². The van der Waals surface area contributed by atoms with Gasteiger partial charge in [0.15, 0.2) is 5.69 Å². The van der Waals surface area contributed by atoms with Crippen molar-refractivity contribution in [1.29, 1.82) is 0 Å². The molecule has 1 heterocycles. The van der Waals surface area contributed by atoms with Crippen molar-refractivity contribution >= 4 is 23.4 Å². The van der Waals surface area contributed by atoms with Crippen molar-refractivity contribution in [3.63, 3.8) is 0 Å². The van der Waals surface area contributed by atoms with Gasteiger partial charge in [0, 0.05) is 19.5 Å². The molecule has 9 nitrogen and oxygen atoms in total. The van der Waals surface area contributed by atoms with Crippen LogP contribution in [0.3, 0.4) is 0 Å². The Hall–Kier alpha value is -2.58. The van der Waals surface area contributed by atoms with Crippen LogP contribution in [0, 0.1) is 5.92 Å². The summed E-state index contributed by atoms with van der Waals surface area (Å²) in [5, 5.41) is 0. The summed E-state index contributed by atoms with van der Waals surface area (Å²) in [5.74, 6) is -0.818. The Morgan fingerprint density at radius 2 is 1.89 bits per heavy atom. The molecule has 0 spiro atoms. The molecular weight excluding hydrogens is 352 g/mol. The van der Waals surface area contributed by atoms with Crippen LogP contribution in [0.4, 0.5) is 11.5 Å². The van der Waals surface area contributed by atoms with Gasteiger partial charge in [-0.2, -0.15) is 0 Å². The van der Waals surface area contributed by atoms with Gasteiger partial charge in [0.2, 0.25) is 5.91 Å². The fourth-order valence-electron chi connectivity index (χ4n) is 2.64. The number of aromatic amines is 1. The van der Waals surface area contributed by atoms with Crippen LogP contribution in [0.5, 0.6) is 0 Å². The van der Waals surface area contributed by atoms with Gasteiger partial charge in [0.1, 0.15) is 5.82 Å². The van der Waals surface area contributed by atoms with Crippen LogP contribution in [0.25, 0.3) is 0 Å². The normalized spacial score (nSPS) is 10.9. The highest BCUT2D eigenvalue weighted by atomic mass is 16.5. The predicted octanol–water partition coefficient (Wildman–Crippen LogP) is 1.25. The summed E-state index contributed by atoms with van der Waals surface area (Å²) >= 11 is 0. The van der Waals surface area contributed by atoms with Crippen molar-refractivity contribution < 1.29 is 14.3 Å². The van der Waals surface area contributed by atoms with E-state index in [1.807, 2.05) is 20.8 Å². The number of carbonyl (C=O) groups excluding carboxylic acids is 2. The lowest BCUT2D eigenvalue weighted by atomic mass is 10.2. The number of nitrogen functional groups attached to an aromatic ring is 1. The van der Waals surface area contributed by atoms with Gasteiger partial charge < -0.3 is 15.4 Å². The largest absolute Gasteiger partial charge is 0.466 e. The van der Waals surface area contributed by atoms with Crippen LogP contribution in [0.1, 0.15) is 53.4 Å². The molecule has 0 atom stereocenters. The van der Waals surface area contributed by atoms with Crippen molar-refractivity contribution in [3.05, 3.63) is 20.8 Å². The van der Waals surface area contributed by atoms with Crippen LogP contribution in [0.15, 0.2) is 9.59 Å². The number of unbranched alkanes of at least 4 members (excludes halogenated alkanes) is 1. The van der Waals surface area contributed by atoms with Crippen LogP contribution in [0.2, 0.25) is 0 Å². The molecule has 9 heteroatoms. The van der Waals surface area contributed by atoms with E-state index in [0.29, 0.717) is 13.0 Å². The van der Waals surface area contributed by atoms with E-state index >= 15 is 0 Å². The molecule has 0 aliphatic heterocycles. The lowest BCUT2D eigenvalue weighted by Crippen LogP contribution is -2.42. The first kappa shape index (κ1) is 22.5. The minimum Gasteiger partial charge on any atom is -0.466 e. The number of ether oxygens (including phenoxy) is 1. The molecule has 0 saturated carbocycles. The van der Waals surface area contributed by atoms with Gasteiger partial charge >= 0.3 is 11.7 Å². The maximum atomic E-state index is 12.7. The molecule has 27 heavy (non-hydrogen) atoms. The monoisotopic (exact) mass is 382 g/mol. The minimum atomic E-state index is -0.710. The number of carbonyl (C=O) groups is 2. The standard InChI is InChI=1S/C18H30N4O5/c1-5-7-10-21(13(23)8-9-14(24)27-6-2)15-16(19)22(11-12(3)4)18(26)20-17(15)25/h12H,5-11,19H2,1-4H3,(H,20,25,26).